The summed E-state index contributed by atoms with van der Waals surface area (Å²) in [5.41, 5.74) is 2.51. The molecule has 6 heteroatoms. The molecule has 0 fully saturated rings. The van der Waals surface area contributed by atoms with Crippen LogP contribution in [-0.4, -0.2) is 5.78 Å². The zero-order valence-electron chi connectivity index (χ0n) is 15.3. The first kappa shape index (κ1) is 19.5. The van der Waals surface area contributed by atoms with Crippen molar-refractivity contribution in [1.82, 2.24) is 0 Å². The molecule has 3 aromatic carbocycles. The van der Waals surface area contributed by atoms with E-state index in [4.69, 9.17) is 32.7 Å². The summed E-state index contributed by atoms with van der Waals surface area (Å²) in [4.78, 5) is 12.7. The molecule has 0 radical (unpaired) electrons. The Morgan fingerprint density at radius 2 is 1.72 bits per heavy atom. The van der Waals surface area contributed by atoms with Gasteiger partial charge in [0.15, 0.2) is 5.76 Å². The van der Waals surface area contributed by atoms with Crippen LogP contribution in [0.15, 0.2) is 60.4 Å². The van der Waals surface area contributed by atoms with Crippen LogP contribution in [0.5, 0.6) is 11.5 Å². The molecular weight excluding hydrogens is 414 g/mol. The number of allylic oxidation sites excluding steroid dienone is 1. The molecule has 0 N–H and O–H groups in total. The molecule has 0 saturated heterocycles. The van der Waals surface area contributed by atoms with Crippen LogP contribution in [0.25, 0.3) is 6.08 Å². The lowest BCUT2D eigenvalue weighted by molar-refractivity contribution is 0.101. The smallest absolute Gasteiger partial charge is 0.231 e. The van der Waals surface area contributed by atoms with E-state index in [1.54, 1.807) is 48.5 Å². The summed E-state index contributed by atoms with van der Waals surface area (Å²) in [6.45, 7) is 2.09. The second-order valence-corrected chi connectivity index (χ2v) is 7.37. The fraction of sp³-hybridized carbons (Fsp3) is 0.0870. The number of rotatable bonds is 4. The van der Waals surface area contributed by atoms with Gasteiger partial charge in [0.25, 0.3) is 0 Å². The number of ketones is 1. The minimum absolute atomic E-state index is 0.147. The highest BCUT2D eigenvalue weighted by Gasteiger charge is 2.30. The third-order valence-electron chi connectivity index (χ3n) is 4.62. The van der Waals surface area contributed by atoms with Gasteiger partial charge in [0.1, 0.15) is 23.9 Å². The van der Waals surface area contributed by atoms with Gasteiger partial charge in [-0.1, -0.05) is 41.4 Å². The van der Waals surface area contributed by atoms with Crippen molar-refractivity contribution in [3.05, 3.63) is 98.5 Å². The van der Waals surface area contributed by atoms with Crippen LogP contribution >= 0.6 is 23.2 Å². The second-order valence-electron chi connectivity index (χ2n) is 6.56. The number of carbonyl (C=O) groups excluding carboxylic acids is 1. The molecule has 0 bridgehead atoms. The van der Waals surface area contributed by atoms with Crippen LogP contribution in [0.4, 0.5) is 4.39 Å². The predicted molar refractivity (Wildman–Crippen MR) is 111 cm³/mol. The van der Waals surface area contributed by atoms with Crippen molar-refractivity contribution in [2.45, 2.75) is 13.5 Å². The molecule has 0 spiro atoms. The van der Waals surface area contributed by atoms with Crippen LogP contribution in [0, 0.1) is 12.7 Å². The van der Waals surface area contributed by atoms with Crippen LogP contribution in [0.1, 0.15) is 27.0 Å². The number of fused-ring (bicyclic) bond motifs is 1. The van der Waals surface area contributed by atoms with Gasteiger partial charge in [-0.2, -0.15) is 0 Å². The lowest BCUT2D eigenvalue weighted by Crippen LogP contribution is -1.98. The number of hydrogen-bond donors (Lipinski definition) is 0. The predicted octanol–water partition coefficient (Wildman–Crippen LogP) is 6.64. The highest BCUT2D eigenvalue weighted by atomic mass is 35.5. The van der Waals surface area contributed by atoms with Crippen LogP contribution < -0.4 is 9.47 Å². The second kappa shape index (κ2) is 7.90. The first-order chi connectivity index (χ1) is 13.9. The van der Waals surface area contributed by atoms with Gasteiger partial charge in [-0.15, -0.1) is 0 Å². The fourth-order valence-corrected chi connectivity index (χ4v) is 3.55. The lowest BCUT2D eigenvalue weighted by atomic mass is 10.1. The summed E-state index contributed by atoms with van der Waals surface area (Å²) in [6.07, 6.45) is 1.55. The minimum atomic E-state index is -0.299. The monoisotopic (exact) mass is 428 g/mol. The van der Waals surface area contributed by atoms with Crippen molar-refractivity contribution in [3.8, 4) is 11.5 Å². The van der Waals surface area contributed by atoms with Gasteiger partial charge in [-0.05, 0) is 55.0 Å². The highest BCUT2D eigenvalue weighted by Crippen LogP contribution is 2.40. The summed E-state index contributed by atoms with van der Waals surface area (Å²) in [5, 5.41) is 0.856. The first-order valence-electron chi connectivity index (χ1n) is 8.83. The van der Waals surface area contributed by atoms with Crippen molar-refractivity contribution < 1.29 is 18.7 Å². The summed E-state index contributed by atoms with van der Waals surface area (Å²) in [5.74, 6) is 0.629. The maximum atomic E-state index is 13.0. The van der Waals surface area contributed by atoms with E-state index < -0.39 is 0 Å². The van der Waals surface area contributed by atoms with Crippen LogP contribution in [0.3, 0.4) is 0 Å². The molecule has 1 aliphatic heterocycles. The largest absolute Gasteiger partial charge is 0.488 e. The Balaban J connectivity index is 1.60. The van der Waals surface area contributed by atoms with Gasteiger partial charge >= 0.3 is 0 Å². The Bertz CT molecular complexity index is 1120. The number of halogens is 3. The maximum absolute atomic E-state index is 13.0. The molecule has 0 aromatic heterocycles. The SMILES string of the molecule is Cc1c(OCc2ccc(F)cc2)ccc2c1O/C(=C\c1c(Cl)cccc1Cl)C2=O. The number of carbonyl (C=O) groups is 1. The van der Waals surface area contributed by atoms with E-state index in [-0.39, 0.29) is 24.0 Å². The van der Waals surface area contributed by atoms with E-state index in [9.17, 15) is 9.18 Å². The van der Waals surface area contributed by atoms with Crippen molar-refractivity contribution in [3.63, 3.8) is 0 Å². The van der Waals surface area contributed by atoms with Gasteiger partial charge in [-0.3, -0.25) is 4.79 Å². The third-order valence-corrected chi connectivity index (χ3v) is 5.28. The molecule has 1 aliphatic rings. The Kier molecular flexibility index (Phi) is 5.31. The molecule has 3 nitrogen and oxygen atoms in total. The van der Waals surface area contributed by atoms with E-state index >= 15 is 0 Å². The van der Waals surface area contributed by atoms with Gasteiger partial charge in [0.05, 0.1) is 5.56 Å². The van der Waals surface area contributed by atoms with Crippen molar-refractivity contribution in [1.29, 1.82) is 0 Å². The summed E-state index contributed by atoms with van der Waals surface area (Å²) < 4.78 is 24.7. The van der Waals surface area contributed by atoms with Gasteiger partial charge < -0.3 is 9.47 Å². The standard InChI is InChI=1S/C23H15Cl2FO3/c1-13-20(28-12-14-5-7-15(26)8-6-14)10-9-16-22(27)21(29-23(13)16)11-17-18(24)3-2-4-19(17)25/h2-11H,12H2,1H3/b21-11-. The van der Waals surface area contributed by atoms with Gasteiger partial charge in [0.2, 0.25) is 5.78 Å². The number of Topliss-reactive ketones (excluding diaryl/α,β-unsaturated/α-hetero) is 1. The Morgan fingerprint density at radius 3 is 2.41 bits per heavy atom. The average Bonchev–Trinajstić information content (AvgIpc) is 3.02. The van der Waals surface area contributed by atoms with Crippen molar-refractivity contribution in [2.24, 2.45) is 0 Å². The molecule has 0 saturated carbocycles. The summed E-state index contributed by atoms with van der Waals surface area (Å²) in [7, 11) is 0. The maximum Gasteiger partial charge on any atom is 0.231 e. The Labute approximate surface area is 177 Å². The normalized spacial score (nSPS) is 14.1. The van der Waals surface area contributed by atoms with E-state index in [1.165, 1.54) is 12.1 Å². The van der Waals surface area contributed by atoms with Crippen molar-refractivity contribution in [2.75, 3.05) is 0 Å². The van der Waals surface area contributed by atoms with Gasteiger partial charge in [-0.25, -0.2) is 4.39 Å². The zero-order valence-corrected chi connectivity index (χ0v) is 16.9. The van der Waals surface area contributed by atoms with E-state index in [0.717, 1.165) is 5.56 Å². The van der Waals surface area contributed by atoms with Crippen LogP contribution in [-0.2, 0) is 6.61 Å². The summed E-state index contributed by atoms with van der Waals surface area (Å²) in [6, 6.07) is 14.6. The quantitative estimate of drug-likeness (QED) is 0.437. The van der Waals surface area contributed by atoms with Crippen LogP contribution in [0.2, 0.25) is 10.0 Å². The van der Waals surface area contributed by atoms with Gasteiger partial charge in [0, 0.05) is 21.2 Å². The molecule has 0 unspecified atom stereocenters. The lowest BCUT2D eigenvalue weighted by Gasteiger charge is -2.11. The molecule has 29 heavy (non-hydrogen) atoms. The molecule has 146 valence electrons. The fourth-order valence-electron chi connectivity index (χ4n) is 3.05. The van der Waals surface area contributed by atoms with E-state index in [0.29, 0.717) is 38.2 Å². The molecular formula is C23H15Cl2FO3. The Hall–Kier alpha value is -2.82. The number of hydrogen-bond acceptors (Lipinski definition) is 3. The molecule has 0 atom stereocenters. The number of benzene rings is 3. The number of ether oxygens (including phenoxy) is 2. The minimum Gasteiger partial charge on any atom is -0.488 e. The van der Waals surface area contributed by atoms with E-state index in [1.807, 2.05) is 6.92 Å². The van der Waals surface area contributed by atoms with Crippen molar-refractivity contribution >= 4 is 35.1 Å². The third kappa shape index (κ3) is 3.86. The van der Waals surface area contributed by atoms with E-state index in [2.05, 4.69) is 0 Å². The topological polar surface area (TPSA) is 35.5 Å². The molecule has 3 aromatic rings. The molecule has 0 aliphatic carbocycles. The molecule has 4 rings (SSSR count). The highest BCUT2D eigenvalue weighted by molar-refractivity contribution is 6.37. The Morgan fingerprint density at radius 1 is 1.03 bits per heavy atom. The average molecular weight is 429 g/mol. The molecule has 0 amide bonds. The summed E-state index contributed by atoms with van der Waals surface area (Å²) >= 11 is 12.4. The zero-order chi connectivity index (χ0) is 20.5. The first-order valence-corrected chi connectivity index (χ1v) is 9.59. The molecule has 1 heterocycles.